The van der Waals surface area contributed by atoms with E-state index in [1.54, 1.807) is 0 Å². The predicted octanol–water partition coefficient (Wildman–Crippen LogP) is -0.968. The maximum absolute atomic E-state index is 11.4. The van der Waals surface area contributed by atoms with Crippen molar-refractivity contribution in [1.82, 2.24) is 0 Å². The Morgan fingerprint density at radius 3 is 2.25 bits per heavy atom. The summed E-state index contributed by atoms with van der Waals surface area (Å²) in [6.45, 7) is 4.37. The van der Waals surface area contributed by atoms with Crippen molar-refractivity contribution in [3.8, 4) is 5.75 Å². The van der Waals surface area contributed by atoms with Crippen molar-refractivity contribution in [2.75, 3.05) is 6.61 Å². The molecule has 0 aliphatic rings. The first-order valence-corrected chi connectivity index (χ1v) is 4.55. The first-order valence-electron chi connectivity index (χ1n) is 4.55. The van der Waals surface area contributed by atoms with Crippen LogP contribution in [0, 0.1) is 5.92 Å². The van der Waals surface area contributed by atoms with Gasteiger partial charge in [-0.3, -0.25) is 0 Å². The third-order valence-electron chi connectivity index (χ3n) is 1.65. The second-order valence-electron chi connectivity index (χ2n) is 3.54. The van der Waals surface area contributed by atoms with E-state index >= 15 is 0 Å². The van der Waals surface area contributed by atoms with Crippen LogP contribution in [0.15, 0.2) is 24.3 Å². The molecule has 1 aromatic rings. The van der Waals surface area contributed by atoms with Gasteiger partial charge in [-0.15, -0.1) is 0 Å². The Morgan fingerprint density at radius 2 is 1.81 bits per heavy atom. The van der Waals surface area contributed by atoms with Gasteiger partial charge >= 0.3 is 35.5 Å². The summed E-state index contributed by atoms with van der Waals surface area (Å²) >= 11 is 0. The van der Waals surface area contributed by atoms with Gasteiger partial charge in [0.1, 0.15) is 5.75 Å². The van der Waals surface area contributed by atoms with Crippen molar-refractivity contribution in [2.24, 2.45) is 5.92 Å². The summed E-state index contributed by atoms with van der Waals surface area (Å²) in [6, 6.07) is 6.01. The molecular weight excluding hydrogens is 219 g/mol. The fourth-order valence-corrected chi connectivity index (χ4v) is 0.923. The van der Waals surface area contributed by atoms with Gasteiger partial charge in [0.25, 0.3) is 0 Å². The number of esters is 1. The summed E-state index contributed by atoms with van der Waals surface area (Å²) in [7, 11) is 0. The molecule has 0 unspecified atom stereocenters. The number of ether oxygens (including phenoxy) is 1. The minimum Gasteiger partial charge on any atom is -0.870 e. The van der Waals surface area contributed by atoms with Crippen LogP contribution in [0.3, 0.4) is 0 Å². The van der Waals surface area contributed by atoms with Crippen LogP contribution in [0.5, 0.6) is 5.75 Å². The zero-order valence-corrected chi connectivity index (χ0v) is 11.8. The summed E-state index contributed by atoms with van der Waals surface area (Å²) in [5.74, 6) is 0.125. The van der Waals surface area contributed by atoms with Gasteiger partial charge in [-0.2, -0.15) is 0 Å². The van der Waals surface area contributed by atoms with Crippen molar-refractivity contribution < 1.29 is 49.7 Å². The molecule has 5 heteroatoms. The molecule has 0 saturated carbocycles. The Balaban J connectivity index is 0. The quantitative estimate of drug-likeness (QED) is 0.539. The molecule has 4 nitrogen and oxygen atoms in total. The third kappa shape index (κ3) is 6.12. The van der Waals surface area contributed by atoms with E-state index < -0.39 is 0 Å². The zero-order chi connectivity index (χ0) is 10.6. The van der Waals surface area contributed by atoms with Gasteiger partial charge in [-0.25, -0.2) is 4.79 Å². The molecule has 84 valence electrons. The Kier molecular flexibility index (Phi) is 9.57. The number of rotatable bonds is 3. The Morgan fingerprint density at radius 1 is 1.31 bits per heavy atom. The molecular formula is C11H15NaO4. The topological polar surface area (TPSA) is 76.5 Å². The average Bonchev–Trinajstić information content (AvgIpc) is 2.15. The van der Waals surface area contributed by atoms with Crippen molar-refractivity contribution in [3.63, 3.8) is 0 Å². The second-order valence-corrected chi connectivity index (χ2v) is 3.54. The standard InChI is InChI=1S/C11H14O3.Na.H2O/c1-8(2)7-14-11(13)9-3-5-10(12)6-4-9;;/h3-6,8,12H,7H2,1-2H3;;1H2/q;+1;/p-1. The van der Waals surface area contributed by atoms with Crippen LogP contribution in [0.2, 0.25) is 0 Å². The predicted molar refractivity (Wildman–Crippen MR) is 55.2 cm³/mol. The Labute approximate surface area is 117 Å². The Bertz CT molecular complexity index is 308. The van der Waals surface area contributed by atoms with E-state index in [-0.39, 0.29) is 46.8 Å². The van der Waals surface area contributed by atoms with Gasteiger partial charge in [0.15, 0.2) is 0 Å². The van der Waals surface area contributed by atoms with E-state index in [1.807, 2.05) is 13.8 Å². The van der Waals surface area contributed by atoms with Gasteiger partial charge in [-0.05, 0) is 30.2 Å². The molecule has 0 bridgehead atoms. The normalized spacial score (nSPS) is 8.94. The first kappa shape index (κ1) is 17.8. The SMILES string of the molecule is CC(C)COC(=O)c1ccc(O)cc1.[Na+].[OH-]. The first-order chi connectivity index (χ1) is 6.59. The molecule has 0 saturated heterocycles. The van der Waals surface area contributed by atoms with Crippen LogP contribution in [-0.2, 0) is 4.74 Å². The number of carbonyl (C=O) groups excluding carboxylic acids is 1. The number of carbonyl (C=O) groups is 1. The number of hydrogen-bond acceptors (Lipinski definition) is 4. The molecule has 2 N–H and O–H groups in total. The fourth-order valence-electron chi connectivity index (χ4n) is 0.923. The summed E-state index contributed by atoms with van der Waals surface area (Å²) < 4.78 is 5.01. The summed E-state index contributed by atoms with van der Waals surface area (Å²) in [4.78, 5) is 11.4. The van der Waals surface area contributed by atoms with E-state index in [9.17, 15) is 4.79 Å². The van der Waals surface area contributed by atoms with Gasteiger partial charge in [0.05, 0.1) is 12.2 Å². The second kappa shape index (κ2) is 8.58. The molecule has 16 heavy (non-hydrogen) atoms. The molecule has 0 amide bonds. The average molecular weight is 234 g/mol. The monoisotopic (exact) mass is 234 g/mol. The van der Waals surface area contributed by atoms with Crippen LogP contribution < -0.4 is 29.6 Å². The number of hydrogen-bond donors (Lipinski definition) is 1. The van der Waals surface area contributed by atoms with Crippen molar-refractivity contribution in [1.29, 1.82) is 0 Å². The smallest absolute Gasteiger partial charge is 0.870 e. The minimum absolute atomic E-state index is 0. The molecule has 0 spiro atoms. The zero-order valence-electron chi connectivity index (χ0n) is 9.80. The van der Waals surface area contributed by atoms with Gasteiger partial charge in [0.2, 0.25) is 0 Å². The maximum Gasteiger partial charge on any atom is 1.00 e. The van der Waals surface area contributed by atoms with E-state index in [0.29, 0.717) is 18.1 Å². The van der Waals surface area contributed by atoms with Crippen LogP contribution in [0.25, 0.3) is 0 Å². The molecule has 1 rings (SSSR count). The molecule has 0 atom stereocenters. The number of benzene rings is 1. The molecule has 0 aliphatic carbocycles. The summed E-state index contributed by atoms with van der Waals surface area (Å²) in [5, 5.41) is 9.00. The van der Waals surface area contributed by atoms with E-state index in [0.717, 1.165) is 0 Å². The fraction of sp³-hybridized carbons (Fsp3) is 0.364. The van der Waals surface area contributed by atoms with E-state index in [4.69, 9.17) is 9.84 Å². The third-order valence-corrected chi connectivity index (χ3v) is 1.65. The Hall–Kier alpha value is -0.550. The van der Waals surface area contributed by atoms with Gasteiger partial charge in [-0.1, -0.05) is 13.8 Å². The molecule has 0 heterocycles. The van der Waals surface area contributed by atoms with Crippen molar-refractivity contribution in [2.45, 2.75) is 13.8 Å². The number of aromatic hydroxyl groups is 1. The largest absolute Gasteiger partial charge is 1.00 e. The summed E-state index contributed by atoms with van der Waals surface area (Å²) in [6.07, 6.45) is 0. The molecule has 0 radical (unpaired) electrons. The summed E-state index contributed by atoms with van der Waals surface area (Å²) in [5.41, 5.74) is 0.462. The van der Waals surface area contributed by atoms with Crippen molar-refractivity contribution in [3.05, 3.63) is 29.8 Å². The molecule has 1 aromatic carbocycles. The van der Waals surface area contributed by atoms with E-state index in [2.05, 4.69) is 0 Å². The molecule has 0 aliphatic heterocycles. The van der Waals surface area contributed by atoms with Gasteiger partial charge in [0, 0.05) is 0 Å². The van der Waals surface area contributed by atoms with Crippen molar-refractivity contribution >= 4 is 5.97 Å². The van der Waals surface area contributed by atoms with Crippen LogP contribution >= 0.6 is 0 Å². The van der Waals surface area contributed by atoms with Crippen LogP contribution in [0.4, 0.5) is 0 Å². The van der Waals surface area contributed by atoms with Crippen LogP contribution in [0.1, 0.15) is 24.2 Å². The molecule has 0 fully saturated rings. The van der Waals surface area contributed by atoms with E-state index in [1.165, 1.54) is 24.3 Å². The minimum atomic E-state index is -0.348. The molecule has 0 aromatic heterocycles. The van der Waals surface area contributed by atoms with Gasteiger partial charge < -0.3 is 15.3 Å². The maximum atomic E-state index is 11.4. The number of phenolic OH excluding ortho intramolecular Hbond substituents is 1. The van der Waals surface area contributed by atoms with Crippen LogP contribution in [-0.4, -0.2) is 23.2 Å². The number of phenols is 1.